The zero-order chi connectivity index (χ0) is 14.4. The van der Waals surface area contributed by atoms with Crippen molar-refractivity contribution in [2.75, 3.05) is 14.2 Å². The van der Waals surface area contributed by atoms with Gasteiger partial charge in [0.05, 0.1) is 7.11 Å². The van der Waals surface area contributed by atoms with Gasteiger partial charge in [0.1, 0.15) is 6.61 Å². The molecule has 0 unspecified atom stereocenters. The molecule has 4 heteroatoms. The standard InChI is InChI=1S/C16H20N2O2/c1-12-6-14(10-18-8-12)11-20-15-5-4-13(9-17-2)7-16(15)19-3/h4-8,10,17H,9,11H2,1-3H3. The minimum atomic E-state index is 0.483. The first-order valence-corrected chi connectivity index (χ1v) is 6.57. The molecule has 0 aliphatic carbocycles. The summed E-state index contributed by atoms with van der Waals surface area (Å²) in [6, 6.07) is 8.02. The lowest BCUT2D eigenvalue weighted by Gasteiger charge is -2.12. The number of hydrogen-bond acceptors (Lipinski definition) is 4. The molecule has 4 nitrogen and oxygen atoms in total. The maximum Gasteiger partial charge on any atom is 0.161 e. The average molecular weight is 272 g/mol. The van der Waals surface area contributed by atoms with Crippen LogP contribution in [0, 0.1) is 6.92 Å². The van der Waals surface area contributed by atoms with Gasteiger partial charge < -0.3 is 14.8 Å². The molecule has 0 aliphatic heterocycles. The molecule has 0 saturated carbocycles. The Morgan fingerprint density at radius 1 is 1.10 bits per heavy atom. The molecule has 20 heavy (non-hydrogen) atoms. The maximum atomic E-state index is 5.82. The molecule has 0 atom stereocenters. The summed E-state index contributed by atoms with van der Waals surface area (Å²) in [6.07, 6.45) is 3.64. The summed E-state index contributed by atoms with van der Waals surface area (Å²) in [5, 5.41) is 3.11. The molecule has 0 bridgehead atoms. The molecule has 1 heterocycles. The van der Waals surface area contributed by atoms with Gasteiger partial charge in [0.2, 0.25) is 0 Å². The number of hydrogen-bond donors (Lipinski definition) is 1. The SMILES string of the molecule is CNCc1ccc(OCc2cncc(C)c2)c(OC)c1. The summed E-state index contributed by atoms with van der Waals surface area (Å²) in [7, 11) is 3.57. The van der Waals surface area contributed by atoms with Crippen molar-refractivity contribution in [1.82, 2.24) is 10.3 Å². The lowest BCUT2D eigenvalue weighted by molar-refractivity contribution is 0.284. The number of methoxy groups -OCH3 is 1. The van der Waals surface area contributed by atoms with Crippen LogP contribution < -0.4 is 14.8 Å². The first kappa shape index (κ1) is 14.3. The van der Waals surface area contributed by atoms with E-state index in [1.807, 2.05) is 44.6 Å². The molecule has 0 amide bonds. The highest BCUT2D eigenvalue weighted by Crippen LogP contribution is 2.28. The summed E-state index contributed by atoms with van der Waals surface area (Å²) < 4.78 is 11.2. The van der Waals surface area contributed by atoms with Crippen LogP contribution in [0.5, 0.6) is 11.5 Å². The third-order valence-corrected chi connectivity index (χ3v) is 2.93. The Bertz CT molecular complexity index is 570. The highest BCUT2D eigenvalue weighted by molar-refractivity contribution is 5.43. The van der Waals surface area contributed by atoms with Crippen LogP contribution in [-0.2, 0) is 13.2 Å². The first-order chi connectivity index (χ1) is 9.72. The van der Waals surface area contributed by atoms with E-state index < -0.39 is 0 Å². The van der Waals surface area contributed by atoms with Gasteiger partial charge in [-0.3, -0.25) is 4.98 Å². The van der Waals surface area contributed by atoms with Crippen LogP contribution in [0.2, 0.25) is 0 Å². The Balaban J connectivity index is 2.09. The highest BCUT2D eigenvalue weighted by atomic mass is 16.5. The number of nitrogens with one attached hydrogen (secondary N) is 1. The van der Waals surface area contributed by atoms with Crippen molar-refractivity contribution in [2.24, 2.45) is 0 Å². The molecule has 0 fully saturated rings. The third kappa shape index (κ3) is 3.71. The van der Waals surface area contributed by atoms with Gasteiger partial charge in [0.15, 0.2) is 11.5 Å². The molecule has 1 aromatic heterocycles. The van der Waals surface area contributed by atoms with Crippen molar-refractivity contribution in [1.29, 1.82) is 0 Å². The molecule has 106 valence electrons. The second-order valence-corrected chi connectivity index (χ2v) is 4.67. The van der Waals surface area contributed by atoms with Crippen LogP contribution >= 0.6 is 0 Å². The molecule has 0 saturated heterocycles. The van der Waals surface area contributed by atoms with Gasteiger partial charge in [-0.15, -0.1) is 0 Å². The normalized spacial score (nSPS) is 10.3. The zero-order valence-electron chi connectivity index (χ0n) is 12.1. The van der Waals surface area contributed by atoms with Crippen LogP contribution in [0.15, 0.2) is 36.7 Å². The number of rotatable bonds is 6. The molecule has 2 rings (SSSR count). The van der Waals surface area contributed by atoms with E-state index in [1.54, 1.807) is 7.11 Å². The van der Waals surface area contributed by atoms with E-state index in [4.69, 9.17) is 9.47 Å². The summed E-state index contributed by atoms with van der Waals surface area (Å²) in [4.78, 5) is 4.16. The van der Waals surface area contributed by atoms with Crippen LogP contribution in [0.25, 0.3) is 0 Å². The van der Waals surface area contributed by atoms with E-state index in [9.17, 15) is 0 Å². The van der Waals surface area contributed by atoms with Gasteiger partial charge >= 0.3 is 0 Å². The molecular weight excluding hydrogens is 252 g/mol. The predicted octanol–water partition coefficient (Wildman–Crippen LogP) is 2.70. The fourth-order valence-electron chi connectivity index (χ4n) is 2.00. The smallest absolute Gasteiger partial charge is 0.161 e. The number of aryl methyl sites for hydroxylation is 1. The van der Waals surface area contributed by atoms with Crippen molar-refractivity contribution < 1.29 is 9.47 Å². The molecular formula is C16H20N2O2. The highest BCUT2D eigenvalue weighted by Gasteiger charge is 2.06. The van der Waals surface area contributed by atoms with Crippen molar-refractivity contribution in [3.05, 3.63) is 53.3 Å². The van der Waals surface area contributed by atoms with Crippen LogP contribution in [0.1, 0.15) is 16.7 Å². The van der Waals surface area contributed by atoms with Crippen molar-refractivity contribution in [3.8, 4) is 11.5 Å². The van der Waals surface area contributed by atoms with Gasteiger partial charge in [-0.05, 0) is 43.3 Å². The minimum Gasteiger partial charge on any atom is -0.493 e. The fraction of sp³-hybridized carbons (Fsp3) is 0.312. The van der Waals surface area contributed by atoms with Gasteiger partial charge in [-0.25, -0.2) is 0 Å². The largest absolute Gasteiger partial charge is 0.493 e. The quantitative estimate of drug-likeness (QED) is 0.878. The van der Waals surface area contributed by atoms with E-state index in [2.05, 4.69) is 16.4 Å². The average Bonchev–Trinajstić information content (AvgIpc) is 2.46. The third-order valence-electron chi connectivity index (χ3n) is 2.93. The van der Waals surface area contributed by atoms with Crippen LogP contribution in [-0.4, -0.2) is 19.1 Å². The number of benzene rings is 1. The van der Waals surface area contributed by atoms with Gasteiger partial charge in [0.25, 0.3) is 0 Å². The summed E-state index contributed by atoms with van der Waals surface area (Å²) in [5.41, 5.74) is 3.34. The first-order valence-electron chi connectivity index (χ1n) is 6.57. The van der Waals surface area contributed by atoms with E-state index in [-0.39, 0.29) is 0 Å². The number of ether oxygens (including phenoxy) is 2. The Kier molecular flexibility index (Phi) is 4.96. The summed E-state index contributed by atoms with van der Waals surface area (Å²) in [6.45, 7) is 3.30. The molecule has 0 spiro atoms. The molecule has 1 aromatic carbocycles. The lowest BCUT2D eigenvalue weighted by Crippen LogP contribution is -2.05. The number of nitrogens with zero attached hydrogens (tertiary/aromatic N) is 1. The number of aromatic nitrogens is 1. The Hall–Kier alpha value is -2.07. The zero-order valence-corrected chi connectivity index (χ0v) is 12.1. The van der Waals surface area contributed by atoms with Gasteiger partial charge in [-0.1, -0.05) is 6.07 Å². The second kappa shape index (κ2) is 6.91. The van der Waals surface area contributed by atoms with Crippen LogP contribution in [0.3, 0.4) is 0 Å². The minimum absolute atomic E-state index is 0.483. The van der Waals surface area contributed by atoms with Crippen molar-refractivity contribution in [3.63, 3.8) is 0 Å². The van der Waals surface area contributed by atoms with E-state index in [0.717, 1.165) is 34.7 Å². The second-order valence-electron chi connectivity index (χ2n) is 4.67. The molecule has 0 aliphatic rings. The van der Waals surface area contributed by atoms with E-state index in [1.165, 1.54) is 0 Å². The topological polar surface area (TPSA) is 43.4 Å². The van der Waals surface area contributed by atoms with Crippen LogP contribution in [0.4, 0.5) is 0 Å². The Labute approximate surface area is 119 Å². The summed E-state index contributed by atoms with van der Waals surface area (Å²) in [5.74, 6) is 1.49. The summed E-state index contributed by atoms with van der Waals surface area (Å²) >= 11 is 0. The van der Waals surface area contributed by atoms with Crippen molar-refractivity contribution in [2.45, 2.75) is 20.1 Å². The van der Waals surface area contributed by atoms with Gasteiger partial charge in [0, 0.05) is 24.5 Å². The Morgan fingerprint density at radius 3 is 2.65 bits per heavy atom. The molecule has 0 radical (unpaired) electrons. The molecule has 2 aromatic rings. The number of pyridine rings is 1. The lowest BCUT2D eigenvalue weighted by atomic mass is 10.2. The van der Waals surface area contributed by atoms with E-state index >= 15 is 0 Å². The maximum absolute atomic E-state index is 5.82. The molecule has 1 N–H and O–H groups in total. The van der Waals surface area contributed by atoms with E-state index in [0.29, 0.717) is 6.61 Å². The Morgan fingerprint density at radius 2 is 1.95 bits per heavy atom. The monoisotopic (exact) mass is 272 g/mol. The van der Waals surface area contributed by atoms with Gasteiger partial charge in [-0.2, -0.15) is 0 Å². The predicted molar refractivity (Wildman–Crippen MR) is 79.1 cm³/mol. The van der Waals surface area contributed by atoms with Crippen molar-refractivity contribution >= 4 is 0 Å². The fourth-order valence-corrected chi connectivity index (χ4v) is 2.00.